The third-order valence-corrected chi connectivity index (χ3v) is 7.55. The number of carbonyl (C=O) groups is 2. The van der Waals surface area contributed by atoms with Crippen LogP contribution in [0.1, 0.15) is 50.4 Å². The van der Waals surface area contributed by atoms with Gasteiger partial charge in [0, 0.05) is 36.3 Å². The highest BCUT2D eigenvalue weighted by molar-refractivity contribution is 5.96. The number of fused-ring (bicyclic) bond motifs is 2. The number of nitrogen functional groups attached to an aromatic ring is 1. The van der Waals surface area contributed by atoms with E-state index in [1.54, 1.807) is 29.3 Å². The van der Waals surface area contributed by atoms with Crippen LogP contribution in [-0.2, 0) is 0 Å². The zero-order valence-corrected chi connectivity index (χ0v) is 22.5. The number of carbonyl (C=O) groups excluding carboxylic acids is 2. The number of phenolic OH excluding ortho intramolecular Hbond substituents is 1. The maximum atomic E-state index is 13.0. The van der Waals surface area contributed by atoms with Crippen molar-refractivity contribution in [1.29, 1.82) is 0 Å². The fourth-order valence-electron chi connectivity index (χ4n) is 5.46. The topological polar surface area (TPSA) is 174 Å². The molecule has 5 N–H and O–H groups in total. The predicted octanol–water partition coefficient (Wildman–Crippen LogP) is 3.68. The van der Waals surface area contributed by atoms with Gasteiger partial charge in [-0.25, -0.2) is 19.6 Å². The number of nitrogens with one attached hydrogen (secondary N) is 1. The first-order chi connectivity index (χ1) is 20.9. The molecular weight excluding hydrogens is 548 g/mol. The van der Waals surface area contributed by atoms with E-state index in [9.17, 15) is 19.8 Å². The van der Waals surface area contributed by atoms with Crippen molar-refractivity contribution in [2.24, 2.45) is 0 Å². The summed E-state index contributed by atoms with van der Waals surface area (Å²) in [5.74, 6) is 0.804. The predicted molar refractivity (Wildman–Crippen MR) is 157 cm³/mol. The molecule has 1 unspecified atom stereocenters. The molecule has 7 rings (SSSR count). The molecule has 2 aromatic carbocycles. The zero-order chi connectivity index (χ0) is 29.7. The third-order valence-electron chi connectivity index (χ3n) is 7.55. The van der Waals surface area contributed by atoms with E-state index >= 15 is 0 Å². The molecule has 12 nitrogen and oxygen atoms in total. The van der Waals surface area contributed by atoms with Gasteiger partial charge in [0.1, 0.15) is 17.1 Å². The summed E-state index contributed by atoms with van der Waals surface area (Å²) in [6.07, 6.45) is 4.98. The first-order valence-electron chi connectivity index (χ1n) is 13.4. The summed E-state index contributed by atoms with van der Waals surface area (Å²) < 4.78 is 3.52. The molecule has 0 fully saturated rings. The Morgan fingerprint density at radius 2 is 1.91 bits per heavy atom. The van der Waals surface area contributed by atoms with E-state index in [0.29, 0.717) is 51.7 Å². The van der Waals surface area contributed by atoms with Gasteiger partial charge >= 0.3 is 0 Å². The average Bonchev–Trinajstić information content (AvgIpc) is 3.75. The maximum absolute atomic E-state index is 13.0. The molecule has 1 amide bonds. The zero-order valence-electron chi connectivity index (χ0n) is 22.5. The lowest BCUT2D eigenvalue weighted by Crippen LogP contribution is -2.27. The Bertz CT molecular complexity index is 2040. The normalized spacial score (nSPS) is 15.8. The molecule has 0 saturated carbocycles. The summed E-state index contributed by atoms with van der Waals surface area (Å²) in [7, 11) is 0. The van der Waals surface area contributed by atoms with E-state index < -0.39 is 18.1 Å². The SMILES string of the molecule is Nc1ncccc1-c1nc2ccc(-n3cccn3)nc2n1-c1ccc2c(c1)C(O)C[C@@H]2NC(=O)c1ccc(O)c(C=O)c1. The number of benzene rings is 2. The Hall–Kier alpha value is -5.88. The fraction of sp³-hybridized carbons (Fsp3) is 0.0968. The Labute approximate surface area is 244 Å². The second kappa shape index (κ2) is 10.2. The van der Waals surface area contributed by atoms with Gasteiger partial charge in [-0.1, -0.05) is 6.07 Å². The number of nitrogens with zero attached hydrogens (tertiary/aromatic N) is 6. The van der Waals surface area contributed by atoms with Crippen LogP contribution in [0.5, 0.6) is 5.75 Å². The maximum Gasteiger partial charge on any atom is 0.251 e. The van der Waals surface area contributed by atoms with E-state index in [-0.39, 0.29) is 23.3 Å². The third kappa shape index (κ3) is 4.46. The van der Waals surface area contributed by atoms with Crippen LogP contribution in [0.25, 0.3) is 34.1 Å². The summed E-state index contributed by atoms with van der Waals surface area (Å²) in [5.41, 5.74) is 10.4. The lowest BCUT2D eigenvalue weighted by atomic mass is 10.1. The standard InChI is InChI=1S/C31H24N8O4/c32-28-21(3-1-10-33-28)29-35-23-7-9-27(38-12-2-11-34-38)37-30(23)39(29)19-5-6-20-22(14-19)26(42)15-24(20)36-31(43)17-4-8-25(41)18(13-17)16-40/h1-14,16,24,26,41-42H,15H2,(H2,32,33)(H,36,43)/t24-,26?/m0/s1. The quantitative estimate of drug-likeness (QED) is 0.217. The molecule has 0 saturated heterocycles. The van der Waals surface area contributed by atoms with Crippen molar-refractivity contribution in [1.82, 2.24) is 34.6 Å². The van der Waals surface area contributed by atoms with Crippen LogP contribution >= 0.6 is 0 Å². The lowest BCUT2D eigenvalue weighted by Gasteiger charge is -2.16. The molecule has 12 heteroatoms. The number of amides is 1. The highest BCUT2D eigenvalue weighted by atomic mass is 16.3. The van der Waals surface area contributed by atoms with Gasteiger partial charge in [0.2, 0.25) is 0 Å². The number of nitrogens with two attached hydrogens (primary N) is 1. The number of phenols is 1. The molecular formula is C31H24N8O4. The van der Waals surface area contributed by atoms with Gasteiger partial charge in [0.05, 0.1) is 23.3 Å². The van der Waals surface area contributed by atoms with Gasteiger partial charge in [0.25, 0.3) is 5.91 Å². The molecule has 0 aliphatic heterocycles. The number of pyridine rings is 2. The van der Waals surface area contributed by atoms with Crippen LogP contribution < -0.4 is 11.1 Å². The van der Waals surface area contributed by atoms with Crippen molar-refractivity contribution in [2.45, 2.75) is 18.6 Å². The van der Waals surface area contributed by atoms with E-state index in [4.69, 9.17) is 15.7 Å². The van der Waals surface area contributed by atoms with Crippen molar-refractivity contribution < 1.29 is 19.8 Å². The summed E-state index contributed by atoms with van der Waals surface area (Å²) >= 11 is 0. The minimum atomic E-state index is -0.847. The van der Waals surface area contributed by atoms with Gasteiger partial charge < -0.3 is 21.3 Å². The largest absolute Gasteiger partial charge is 0.507 e. The van der Waals surface area contributed by atoms with Crippen molar-refractivity contribution >= 4 is 29.2 Å². The Balaban J connectivity index is 1.31. The summed E-state index contributed by atoms with van der Waals surface area (Å²) in [4.78, 5) is 38.2. The van der Waals surface area contributed by atoms with Crippen molar-refractivity contribution in [2.75, 3.05) is 5.73 Å². The van der Waals surface area contributed by atoms with Crippen molar-refractivity contribution in [3.05, 3.63) is 108 Å². The number of anilines is 1. The van der Waals surface area contributed by atoms with Crippen LogP contribution in [0.3, 0.4) is 0 Å². The second-order valence-electron chi connectivity index (χ2n) is 10.2. The molecule has 2 atom stereocenters. The van der Waals surface area contributed by atoms with Gasteiger partial charge in [-0.15, -0.1) is 0 Å². The van der Waals surface area contributed by atoms with E-state index in [1.807, 2.05) is 47.0 Å². The van der Waals surface area contributed by atoms with Crippen LogP contribution in [0.2, 0.25) is 0 Å². The second-order valence-corrected chi connectivity index (χ2v) is 10.2. The Morgan fingerprint density at radius 1 is 1.02 bits per heavy atom. The van der Waals surface area contributed by atoms with Crippen molar-refractivity contribution in [3.63, 3.8) is 0 Å². The first-order valence-corrected chi connectivity index (χ1v) is 13.4. The highest BCUT2D eigenvalue weighted by Crippen LogP contribution is 2.41. The van der Waals surface area contributed by atoms with Gasteiger partial charge in [-0.3, -0.25) is 14.2 Å². The van der Waals surface area contributed by atoms with Crippen LogP contribution in [0.4, 0.5) is 5.82 Å². The molecule has 4 aromatic heterocycles. The van der Waals surface area contributed by atoms with E-state index in [2.05, 4.69) is 15.4 Å². The molecule has 43 heavy (non-hydrogen) atoms. The Morgan fingerprint density at radius 3 is 2.70 bits per heavy atom. The van der Waals surface area contributed by atoms with Gasteiger partial charge in [-0.2, -0.15) is 5.10 Å². The van der Waals surface area contributed by atoms with Crippen LogP contribution in [0.15, 0.2) is 85.3 Å². The molecule has 0 radical (unpaired) electrons. The monoisotopic (exact) mass is 572 g/mol. The van der Waals surface area contributed by atoms with Gasteiger partial charge in [-0.05, 0) is 71.8 Å². The number of hydrogen-bond donors (Lipinski definition) is 4. The summed E-state index contributed by atoms with van der Waals surface area (Å²) in [6.45, 7) is 0. The molecule has 1 aliphatic rings. The number of hydrogen-bond acceptors (Lipinski definition) is 9. The fourth-order valence-corrected chi connectivity index (χ4v) is 5.46. The molecule has 6 aromatic rings. The number of imidazole rings is 1. The van der Waals surface area contributed by atoms with E-state index in [1.165, 1.54) is 18.2 Å². The lowest BCUT2D eigenvalue weighted by molar-refractivity contribution is 0.0924. The number of aliphatic hydroxyl groups is 1. The van der Waals surface area contributed by atoms with Crippen molar-refractivity contribution in [3.8, 4) is 28.6 Å². The molecule has 212 valence electrons. The average molecular weight is 573 g/mol. The minimum absolute atomic E-state index is 0.0195. The van der Waals surface area contributed by atoms with Crippen LogP contribution in [-0.4, -0.2) is 51.7 Å². The Kier molecular flexibility index (Phi) is 6.17. The number of aromatic hydroxyl groups is 1. The van der Waals surface area contributed by atoms with Gasteiger partial charge in [0.15, 0.2) is 23.6 Å². The number of aliphatic hydroxyl groups excluding tert-OH is 1. The smallest absolute Gasteiger partial charge is 0.251 e. The summed E-state index contributed by atoms with van der Waals surface area (Å²) in [5, 5.41) is 28.1. The molecule has 0 spiro atoms. The molecule has 4 heterocycles. The minimum Gasteiger partial charge on any atom is -0.507 e. The summed E-state index contributed by atoms with van der Waals surface area (Å²) in [6, 6.07) is 18.3. The highest BCUT2D eigenvalue weighted by Gasteiger charge is 2.32. The van der Waals surface area contributed by atoms with Crippen LogP contribution in [0, 0.1) is 0 Å². The number of aldehydes is 1. The van der Waals surface area contributed by atoms with E-state index in [0.717, 1.165) is 5.56 Å². The number of aromatic nitrogens is 6. The first kappa shape index (κ1) is 26.0. The molecule has 1 aliphatic carbocycles. The molecule has 0 bridgehead atoms. The number of rotatable bonds is 6.